The molecule has 5 nitrogen and oxygen atoms in total. The quantitative estimate of drug-likeness (QED) is 0.770. The molecule has 0 spiro atoms. The molecule has 1 aromatic rings. The van der Waals surface area contributed by atoms with Gasteiger partial charge in [-0.2, -0.15) is 0 Å². The van der Waals surface area contributed by atoms with Crippen LogP contribution in [0.4, 0.5) is 5.69 Å². The van der Waals surface area contributed by atoms with E-state index in [4.69, 9.17) is 0 Å². The maximum atomic E-state index is 12.6. The van der Waals surface area contributed by atoms with Crippen molar-refractivity contribution in [1.82, 2.24) is 10.2 Å². The number of benzene rings is 1. The first-order chi connectivity index (χ1) is 10.7. The average molecular weight is 403 g/mol. The molecule has 23 heavy (non-hydrogen) atoms. The number of hydrogen-bond acceptors (Lipinski definition) is 3. The van der Waals surface area contributed by atoms with E-state index in [9.17, 15) is 9.59 Å². The highest BCUT2D eigenvalue weighted by molar-refractivity contribution is 9.10. The highest BCUT2D eigenvalue weighted by Crippen LogP contribution is 2.28. The van der Waals surface area contributed by atoms with Crippen LogP contribution in [0.3, 0.4) is 0 Å². The average Bonchev–Trinajstić information content (AvgIpc) is 2.73. The molecular weight excluding hydrogens is 382 g/mol. The Morgan fingerprint density at radius 2 is 2.04 bits per heavy atom. The Morgan fingerprint density at radius 3 is 2.83 bits per heavy atom. The zero-order valence-electron chi connectivity index (χ0n) is 12.8. The second kappa shape index (κ2) is 8.13. The number of halogens is 2. The van der Waals surface area contributed by atoms with Gasteiger partial charge in [0.2, 0.25) is 11.8 Å². The van der Waals surface area contributed by atoms with Crippen molar-refractivity contribution in [2.75, 3.05) is 37.6 Å². The van der Waals surface area contributed by atoms with E-state index in [0.717, 1.165) is 36.2 Å². The Hall–Kier alpha value is -1.11. The van der Waals surface area contributed by atoms with E-state index in [1.54, 1.807) is 4.90 Å². The summed E-state index contributed by atoms with van der Waals surface area (Å²) in [6.45, 7) is 3.79. The second-order valence-electron chi connectivity index (χ2n) is 5.74. The number of nitrogens with zero attached hydrogens (tertiary/aromatic N) is 2. The Morgan fingerprint density at radius 1 is 1.22 bits per heavy atom. The number of amides is 2. The lowest BCUT2D eigenvalue weighted by Gasteiger charge is -2.23. The first-order valence-corrected chi connectivity index (χ1v) is 8.52. The van der Waals surface area contributed by atoms with Crippen molar-refractivity contribution in [2.45, 2.75) is 12.8 Å². The van der Waals surface area contributed by atoms with E-state index < -0.39 is 5.92 Å². The molecule has 7 heteroatoms. The molecule has 2 amide bonds. The first kappa shape index (κ1) is 18.2. The molecule has 2 aliphatic rings. The molecule has 1 atom stereocenters. The molecule has 1 aromatic carbocycles. The van der Waals surface area contributed by atoms with E-state index in [1.807, 2.05) is 29.2 Å². The van der Waals surface area contributed by atoms with Gasteiger partial charge in [-0.3, -0.25) is 9.59 Å². The fourth-order valence-corrected chi connectivity index (χ4v) is 3.48. The van der Waals surface area contributed by atoms with Gasteiger partial charge in [0.05, 0.1) is 0 Å². The van der Waals surface area contributed by atoms with Gasteiger partial charge in [0.1, 0.15) is 5.92 Å². The molecule has 1 N–H and O–H groups in total. The molecule has 0 radical (unpaired) electrons. The summed E-state index contributed by atoms with van der Waals surface area (Å²) in [7, 11) is 0. The van der Waals surface area contributed by atoms with E-state index in [0.29, 0.717) is 19.5 Å². The van der Waals surface area contributed by atoms with Gasteiger partial charge in [-0.1, -0.05) is 22.0 Å². The molecule has 0 aromatic heterocycles. The lowest BCUT2D eigenvalue weighted by molar-refractivity contribution is -0.139. The molecule has 2 saturated heterocycles. The third-order valence-corrected chi connectivity index (χ3v) is 4.77. The monoisotopic (exact) mass is 401 g/mol. The Kier molecular flexibility index (Phi) is 6.44. The molecule has 0 aliphatic carbocycles. The third kappa shape index (κ3) is 4.05. The zero-order valence-corrected chi connectivity index (χ0v) is 15.2. The Labute approximate surface area is 150 Å². The van der Waals surface area contributed by atoms with Gasteiger partial charge in [-0.15, -0.1) is 12.4 Å². The minimum Gasteiger partial charge on any atom is -0.341 e. The number of carbonyl (C=O) groups excluding carboxylic acids is 2. The summed E-state index contributed by atoms with van der Waals surface area (Å²) >= 11 is 3.42. The molecule has 2 heterocycles. The lowest BCUT2D eigenvalue weighted by Crippen LogP contribution is -2.41. The largest absolute Gasteiger partial charge is 0.341 e. The van der Waals surface area contributed by atoms with Crippen LogP contribution in [0.15, 0.2) is 28.7 Å². The number of rotatable bonds is 2. The van der Waals surface area contributed by atoms with Gasteiger partial charge in [0.15, 0.2) is 0 Å². The molecule has 1 unspecified atom stereocenters. The van der Waals surface area contributed by atoms with Crippen molar-refractivity contribution >= 4 is 45.8 Å². The highest BCUT2D eigenvalue weighted by Gasteiger charge is 2.39. The lowest BCUT2D eigenvalue weighted by atomic mass is 10.1. The minimum atomic E-state index is -0.517. The van der Waals surface area contributed by atoms with E-state index in [-0.39, 0.29) is 24.2 Å². The van der Waals surface area contributed by atoms with Gasteiger partial charge in [0.25, 0.3) is 0 Å². The topological polar surface area (TPSA) is 52.7 Å². The summed E-state index contributed by atoms with van der Waals surface area (Å²) < 4.78 is 0.936. The predicted octanol–water partition coefficient (Wildman–Crippen LogP) is 2.05. The predicted molar refractivity (Wildman–Crippen MR) is 95.9 cm³/mol. The summed E-state index contributed by atoms with van der Waals surface area (Å²) in [5.41, 5.74) is 0.854. The van der Waals surface area contributed by atoms with Crippen LogP contribution in [-0.2, 0) is 9.59 Å². The summed E-state index contributed by atoms with van der Waals surface area (Å²) in [5.74, 6) is -0.594. The minimum absolute atomic E-state index is 0. The van der Waals surface area contributed by atoms with Crippen LogP contribution >= 0.6 is 28.3 Å². The van der Waals surface area contributed by atoms with E-state index in [1.165, 1.54) is 0 Å². The van der Waals surface area contributed by atoms with Gasteiger partial charge in [0, 0.05) is 36.3 Å². The Balaban J connectivity index is 0.00000192. The van der Waals surface area contributed by atoms with Crippen molar-refractivity contribution in [3.05, 3.63) is 28.7 Å². The molecule has 3 rings (SSSR count). The van der Waals surface area contributed by atoms with Crippen LogP contribution in [0, 0.1) is 5.92 Å². The SMILES string of the molecule is Cl.O=C(C1CCN(c2cccc(Br)c2)C1=O)N1CCCNCC1. The maximum Gasteiger partial charge on any atom is 0.239 e. The van der Waals surface area contributed by atoms with Crippen LogP contribution in [0.5, 0.6) is 0 Å². The van der Waals surface area contributed by atoms with Gasteiger partial charge in [-0.05, 0) is 37.6 Å². The normalized spacial score (nSPS) is 21.8. The van der Waals surface area contributed by atoms with Gasteiger partial charge >= 0.3 is 0 Å². The molecule has 126 valence electrons. The molecule has 2 fully saturated rings. The standard InChI is InChI=1S/C16H20BrN3O2.ClH/c17-12-3-1-4-13(11-12)20-9-5-14(16(20)22)15(21)19-8-2-6-18-7-10-19;/h1,3-4,11,14,18H,2,5-10H2;1H. The summed E-state index contributed by atoms with van der Waals surface area (Å²) in [6, 6.07) is 7.66. The maximum absolute atomic E-state index is 12.6. The van der Waals surface area contributed by atoms with E-state index >= 15 is 0 Å². The van der Waals surface area contributed by atoms with Crippen molar-refractivity contribution in [1.29, 1.82) is 0 Å². The first-order valence-electron chi connectivity index (χ1n) is 7.73. The van der Waals surface area contributed by atoms with Crippen LogP contribution in [0.2, 0.25) is 0 Å². The number of nitrogens with one attached hydrogen (secondary N) is 1. The fourth-order valence-electron chi connectivity index (χ4n) is 3.10. The van der Waals surface area contributed by atoms with Crippen LogP contribution in [-0.4, -0.2) is 49.4 Å². The number of anilines is 1. The van der Waals surface area contributed by atoms with Gasteiger partial charge in [-0.25, -0.2) is 0 Å². The van der Waals surface area contributed by atoms with E-state index in [2.05, 4.69) is 21.2 Å². The zero-order chi connectivity index (χ0) is 15.5. The number of carbonyl (C=O) groups is 2. The molecule has 0 bridgehead atoms. The van der Waals surface area contributed by atoms with Crippen LogP contribution in [0.25, 0.3) is 0 Å². The Bertz CT molecular complexity index is 576. The molecular formula is C16H21BrClN3O2. The summed E-state index contributed by atoms with van der Waals surface area (Å²) in [6.07, 6.45) is 1.55. The fraction of sp³-hybridized carbons (Fsp3) is 0.500. The second-order valence-corrected chi connectivity index (χ2v) is 6.66. The summed E-state index contributed by atoms with van der Waals surface area (Å²) in [5, 5.41) is 3.28. The third-order valence-electron chi connectivity index (χ3n) is 4.28. The van der Waals surface area contributed by atoms with Crippen molar-refractivity contribution in [3.63, 3.8) is 0 Å². The van der Waals surface area contributed by atoms with Crippen molar-refractivity contribution in [2.24, 2.45) is 5.92 Å². The molecule has 0 saturated carbocycles. The molecule has 2 aliphatic heterocycles. The van der Waals surface area contributed by atoms with Crippen molar-refractivity contribution < 1.29 is 9.59 Å². The van der Waals surface area contributed by atoms with Crippen LogP contribution in [0.1, 0.15) is 12.8 Å². The van der Waals surface area contributed by atoms with Gasteiger partial charge < -0.3 is 15.1 Å². The van der Waals surface area contributed by atoms with Crippen molar-refractivity contribution in [3.8, 4) is 0 Å². The summed E-state index contributed by atoms with van der Waals surface area (Å²) in [4.78, 5) is 28.8. The highest BCUT2D eigenvalue weighted by atomic mass is 79.9. The number of hydrogen-bond donors (Lipinski definition) is 1. The smallest absolute Gasteiger partial charge is 0.239 e. The van der Waals surface area contributed by atoms with Crippen LogP contribution < -0.4 is 10.2 Å².